The van der Waals surface area contributed by atoms with E-state index < -0.39 is 0 Å². The number of hydrogen-bond acceptors (Lipinski definition) is 0. The molecule has 0 aliphatic heterocycles. The predicted molar refractivity (Wildman–Crippen MR) is 57.9 cm³/mol. The molecule has 0 saturated heterocycles. The molecule has 0 unspecified atom stereocenters. The molecule has 0 radical (unpaired) electrons. The molecule has 2 rings (SSSR count). The molecule has 0 aromatic heterocycles. The highest BCUT2D eigenvalue weighted by Gasteiger charge is 2.14. The van der Waals surface area contributed by atoms with Gasteiger partial charge in [-0.25, -0.2) is 0 Å². The summed E-state index contributed by atoms with van der Waals surface area (Å²) in [6, 6.07) is 6.50. The van der Waals surface area contributed by atoms with E-state index in [0.29, 0.717) is 0 Å². The standard InChI is InChI=1S/C12H13Cl/c1-8-3-6-11-10(7-8)5-4-9(2)12(11)13/h3,6-7H,4-5H2,1-2H3. The van der Waals surface area contributed by atoms with Gasteiger partial charge in [0, 0.05) is 5.03 Å². The third-order valence-corrected chi connectivity index (χ3v) is 3.17. The zero-order valence-corrected chi connectivity index (χ0v) is 8.78. The highest BCUT2D eigenvalue weighted by molar-refractivity contribution is 6.49. The summed E-state index contributed by atoms with van der Waals surface area (Å²) in [5, 5.41) is 0.959. The van der Waals surface area contributed by atoms with E-state index in [2.05, 4.69) is 32.0 Å². The van der Waals surface area contributed by atoms with E-state index in [4.69, 9.17) is 11.6 Å². The molecule has 0 fully saturated rings. The van der Waals surface area contributed by atoms with Crippen LogP contribution < -0.4 is 0 Å². The lowest BCUT2D eigenvalue weighted by Crippen LogP contribution is -2.00. The molecule has 0 spiro atoms. The fraction of sp³-hybridized carbons (Fsp3) is 0.333. The third-order valence-electron chi connectivity index (χ3n) is 2.64. The molecule has 1 heteroatoms. The predicted octanol–water partition coefficient (Wildman–Crippen LogP) is 3.91. The number of hydrogen-bond donors (Lipinski definition) is 0. The Balaban J connectivity index is 2.58. The van der Waals surface area contributed by atoms with E-state index >= 15 is 0 Å². The van der Waals surface area contributed by atoms with Crippen molar-refractivity contribution < 1.29 is 0 Å². The van der Waals surface area contributed by atoms with Crippen molar-refractivity contribution in [3.63, 3.8) is 0 Å². The average Bonchev–Trinajstić information content (AvgIpc) is 2.12. The minimum Gasteiger partial charge on any atom is -0.0837 e. The number of allylic oxidation sites excluding steroid dienone is 1. The van der Waals surface area contributed by atoms with Crippen LogP contribution in [0.5, 0.6) is 0 Å². The average molecular weight is 193 g/mol. The number of rotatable bonds is 0. The first-order valence-corrected chi connectivity index (χ1v) is 5.01. The Kier molecular flexibility index (Phi) is 2.17. The third kappa shape index (κ3) is 1.51. The van der Waals surface area contributed by atoms with Gasteiger partial charge in [0.25, 0.3) is 0 Å². The number of aryl methyl sites for hydroxylation is 2. The van der Waals surface area contributed by atoms with E-state index in [9.17, 15) is 0 Å². The second kappa shape index (κ2) is 3.19. The Labute approximate surface area is 84.2 Å². The van der Waals surface area contributed by atoms with Gasteiger partial charge in [0.05, 0.1) is 0 Å². The Morgan fingerprint density at radius 1 is 1.15 bits per heavy atom. The zero-order valence-electron chi connectivity index (χ0n) is 8.02. The molecule has 0 N–H and O–H groups in total. The van der Waals surface area contributed by atoms with E-state index in [1.165, 1.54) is 22.3 Å². The van der Waals surface area contributed by atoms with Crippen LogP contribution in [0, 0.1) is 6.92 Å². The Bertz CT molecular complexity index is 375. The van der Waals surface area contributed by atoms with E-state index in [0.717, 1.165) is 17.9 Å². The lowest BCUT2D eigenvalue weighted by atomic mass is 9.91. The molecular formula is C12H13Cl. The molecule has 0 atom stereocenters. The van der Waals surface area contributed by atoms with Gasteiger partial charge in [0.1, 0.15) is 0 Å². The van der Waals surface area contributed by atoms with Crippen LogP contribution in [0.3, 0.4) is 0 Å². The first-order valence-electron chi connectivity index (χ1n) is 4.63. The maximum absolute atomic E-state index is 6.23. The minimum absolute atomic E-state index is 0.959. The smallest absolute Gasteiger partial charge is 0.0470 e. The van der Waals surface area contributed by atoms with Crippen LogP contribution in [0.1, 0.15) is 30.0 Å². The highest BCUT2D eigenvalue weighted by Crippen LogP contribution is 2.33. The van der Waals surface area contributed by atoms with Crippen molar-refractivity contribution in [2.45, 2.75) is 26.7 Å². The van der Waals surface area contributed by atoms with Crippen LogP contribution in [0.4, 0.5) is 0 Å². The maximum atomic E-state index is 6.23. The summed E-state index contributed by atoms with van der Waals surface area (Å²) in [6.07, 6.45) is 2.24. The fourth-order valence-electron chi connectivity index (χ4n) is 1.81. The second-order valence-electron chi connectivity index (χ2n) is 3.75. The van der Waals surface area contributed by atoms with Gasteiger partial charge in [-0.3, -0.25) is 0 Å². The van der Waals surface area contributed by atoms with Gasteiger partial charge < -0.3 is 0 Å². The Hall–Kier alpha value is -0.750. The molecule has 68 valence electrons. The summed E-state index contributed by atoms with van der Waals surface area (Å²) in [5.41, 5.74) is 5.27. The van der Waals surface area contributed by atoms with Crippen molar-refractivity contribution in [1.29, 1.82) is 0 Å². The first kappa shape index (κ1) is 8.83. The van der Waals surface area contributed by atoms with Gasteiger partial charge in [-0.1, -0.05) is 40.9 Å². The summed E-state index contributed by atoms with van der Waals surface area (Å²) < 4.78 is 0. The van der Waals surface area contributed by atoms with Crippen LogP contribution in [0.15, 0.2) is 23.8 Å². The molecule has 13 heavy (non-hydrogen) atoms. The maximum Gasteiger partial charge on any atom is 0.0470 e. The molecule has 1 aliphatic carbocycles. The van der Waals surface area contributed by atoms with Gasteiger partial charge in [-0.05, 0) is 37.8 Å². The summed E-state index contributed by atoms with van der Waals surface area (Å²) in [4.78, 5) is 0. The van der Waals surface area contributed by atoms with Gasteiger partial charge in [0.15, 0.2) is 0 Å². The summed E-state index contributed by atoms with van der Waals surface area (Å²) in [5.74, 6) is 0. The summed E-state index contributed by atoms with van der Waals surface area (Å²) in [7, 11) is 0. The zero-order chi connectivity index (χ0) is 9.42. The van der Waals surface area contributed by atoms with Crippen molar-refractivity contribution in [3.8, 4) is 0 Å². The van der Waals surface area contributed by atoms with E-state index in [1.807, 2.05) is 0 Å². The molecule has 0 nitrogen and oxygen atoms in total. The topological polar surface area (TPSA) is 0 Å². The number of fused-ring (bicyclic) bond motifs is 1. The van der Waals surface area contributed by atoms with Crippen LogP contribution in [-0.4, -0.2) is 0 Å². The van der Waals surface area contributed by atoms with Crippen molar-refractivity contribution in [2.24, 2.45) is 0 Å². The largest absolute Gasteiger partial charge is 0.0837 e. The fourth-order valence-corrected chi connectivity index (χ4v) is 2.08. The van der Waals surface area contributed by atoms with E-state index in [-0.39, 0.29) is 0 Å². The molecule has 0 bridgehead atoms. The monoisotopic (exact) mass is 192 g/mol. The Morgan fingerprint density at radius 2 is 1.92 bits per heavy atom. The second-order valence-corrected chi connectivity index (χ2v) is 4.13. The molecular weight excluding hydrogens is 180 g/mol. The lowest BCUT2D eigenvalue weighted by molar-refractivity contribution is 0.922. The molecule has 1 aromatic carbocycles. The molecule has 0 heterocycles. The van der Waals surface area contributed by atoms with Gasteiger partial charge in [-0.2, -0.15) is 0 Å². The van der Waals surface area contributed by atoms with Crippen molar-refractivity contribution in [1.82, 2.24) is 0 Å². The van der Waals surface area contributed by atoms with Crippen molar-refractivity contribution >= 4 is 16.6 Å². The van der Waals surface area contributed by atoms with E-state index in [1.54, 1.807) is 0 Å². The normalized spacial score (nSPS) is 15.9. The van der Waals surface area contributed by atoms with Gasteiger partial charge in [-0.15, -0.1) is 0 Å². The molecule has 1 aliphatic rings. The minimum atomic E-state index is 0.959. The SMILES string of the molecule is CC1=C(Cl)c2ccc(C)cc2CC1. The lowest BCUT2D eigenvalue weighted by Gasteiger charge is -2.17. The highest BCUT2D eigenvalue weighted by atomic mass is 35.5. The van der Waals surface area contributed by atoms with Crippen LogP contribution >= 0.6 is 11.6 Å². The molecule has 0 saturated carbocycles. The molecule has 1 aromatic rings. The Morgan fingerprint density at radius 3 is 2.69 bits per heavy atom. The first-order chi connectivity index (χ1) is 6.18. The van der Waals surface area contributed by atoms with Crippen molar-refractivity contribution in [2.75, 3.05) is 0 Å². The summed E-state index contributed by atoms with van der Waals surface area (Å²) in [6.45, 7) is 4.24. The summed E-state index contributed by atoms with van der Waals surface area (Å²) >= 11 is 6.23. The van der Waals surface area contributed by atoms with Crippen LogP contribution in [0.25, 0.3) is 5.03 Å². The van der Waals surface area contributed by atoms with Gasteiger partial charge >= 0.3 is 0 Å². The quantitative estimate of drug-likeness (QED) is 0.585. The van der Waals surface area contributed by atoms with Crippen LogP contribution in [0.2, 0.25) is 0 Å². The number of halogens is 1. The van der Waals surface area contributed by atoms with Crippen LogP contribution in [-0.2, 0) is 6.42 Å². The van der Waals surface area contributed by atoms with Gasteiger partial charge in [0.2, 0.25) is 0 Å². The molecule has 0 amide bonds. The number of benzene rings is 1. The van der Waals surface area contributed by atoms with Crippen molar-refractivity contribution in [3.05, 3.63) is 40.5 Å².